The summed E-state index contributed by atoms with van der Waals surface area (Å²) in [4.78, 5) is 11.7. The van der Waals surface area contributed by atoms with Gasteiger partial charge in [0.15, 0.2) is 0 Å². The van der Waals surface area contributed by atoms with Crippen molar-refractivity contribution < 1.29 is 14.6 Å². The molecule has 0 amide bonds. The van der Waals surface area contributed by atoms with Crippen molar-refractivity contribution in [1.82, 2.24) is 0 Å². The summed E-state index contributed by atoms with van der Waals surface area (Å²) in [7, 11) is 1.65. The third-order valence-electron chi connectivity index (χ3n) is 2.82. The molecule has 0 saturated heterocycles. The Morgan fingerprint density at radius 1 is 1.24 bits per heavy atom. The maximum absolute atomic E-state index is 10.5. The van der Waals surface area contributed by atoms with E-state index in [2.05, 4.69) is 0 Å². The fourth-order valence-corrected chi connectivity index (χ4v) is 2.70. The van der Waals surface area contributed by atoms with Crippen LogP contribution in [0.5, 0.6) is 5.75 Å². The average molecular weight is 300 g/mol. The molecule has 2 aromatic rings. The number of hydrogen-bond donors (Lipinski definition) is 1. The molecule has 0 heterocycles. The summed E-state index contributed by atoms with van der Waals surface area (Å²) in [6.45, 7) is 0. The molecule has 0 bridgehead atoms. The summed E-state index contributed by atoms with van der Waals surface area (Å²) < 4.78 is 5.20. The van der Waals surface area contributed by atoms with Gasteiger partial charge in [0.1, 0.15) is 5.75 Å². The number of carbonyl (C=O) groups is 1. The van der Waals surface area contributed by atoms with Crippen LogP contribution in [0.4, 0.5) is 0 Å². The Morgan fingerprint density at radius 3 is 2.81 bits per heavy atom. The van der Waals surface area contributed by atoms with Crippen molar-refractivity contribution in [1.29, 1.82) is 0 Å². The molecule has 0 aliphatic carbocycles. The third kappa shape index (κ3) is 5.00. The van der Waals surface area contributed by atoms with Crippen LogP contribution in [-0.4, -0.2) is 18.2 Å². The van der Waals surface area contributed by atoms with Gasteiger partial charge in [-0.15, -0.1) is 11.8 Å². The maximum Gasteiger partial charge on any atom is 0.328 e. The first-order valence-corrected chi connectivity index (χ1v) is 7.43. The topological polar surface area (TPSA) is 46.5 Å². The normalized spacial score (nSPS) is 10.7. The molecule has 108 valence electrons. The molecule has 0 aromatic heterocycles. The van der Waals surface area contributed by atoms with Crippen LogP contribution in [0.3, 0.4) is 0 Å². The van der Waals surface area contributed by atoms with Gasteiger partial charge in [0.2, 0.25) is 0 Å². The van der Waals surface area contributed by atoms with Crippen LogP contribution in [0.25, 0.3) is 6.08 Å². The number of hydrogen-bond acceptors (Lipinski definition) is 3. The van der Waals surface area contributed by atoms with E-state index < -0.39 is 5.97 Å². The monoisotopic (exact) mass is 300 g/mol. The van der Waals surface area contributed by atoms with E-state index in [0.29, 0.717) is 0 Å². The molecule has 3 nitrogen and oxygen atoms in total. The van der Waals surface area contributed by atoms with E-state index in [1.807, 2.05) is 48.5 Å². The zero-order valence-electron chi connectivity index (χ0n) is 11.7. The Labute approximate surface area is 128 Å². The summed E-state index contributed by atoms with van der Waals surface area (Å²) >= 11 is 1.72. The van der Waals surface area contributed by atoms with E-state index in [-0.39, 0.29) is 0 Å². The fourth-order valence-electron chi connectivity index (χ4n) is 1.81. The second kappa shape index (κ2) is 7.55. The number of aliphatic carboxylic acids is 1. The van der Waals surface area contributed by atoms with Gasteiger partial charge in [-0.2, -0.15) is 0 Å². The number of ether oxygens (including phenoxy) is 1. The van der Waals surface area contributed by atoms with E-state index >= 15 is 0 Å². The molecule has 0 atom stereocenters. The molecule has 1 N–H and O–H groups in total. The summed E-state index contributed by atoms with van der Waals surface area (Å²) in [5, 5.41) is 8.64. The molecule has 21 heavy (non-hydrogen) atoms. The Bertz CT molecular complexity index is 650. The van der Waals surface area contributed by atoms with E-state index in [9.17, 15) is 4.79 Å². The van der Waals surface area contributed by atoms with Crippen molar-refractivity contribution in [3.63, 3.8) is 0 Å². The molecular formula is C17H16O3S. The minimum absolute atomic E-state index is 0.821. The number of methoxy groups -OCH3 is 1. The first kappa shape index (κ1) is 15.2. The van der Waals surface area contributed by atoms with Crippen LogP contribution in [-0.2, 0) is 10.5 Å². The van der Waals surface area contributed by atoms with E-state index in [1.54, 1.807) is 24.9 Å². The van der Waals surface area contributed by atoms with Gasteiger partial charge in [0.05, 0.1) is 7.11 Å². The van der Waals surface area contributed by atoms with Gasteiger partial charge >= 0.3 is 5.97 Å². The standard InChI is InChI=1S/C17H16O3S/c1-20-15-6-3-7-16(11-15)21-12-14-5-2-4-13(10-14)8-9-17(18)19/h2-11H,12H2,1H3,(H,18,19). The molecule has 4 heteroatoms. The lowest BCUT2D eigenvalue weighted by molar-refractivity contribution is -0.131. The molecule has 0 unspecified atom stereocenters. The molecule has 0 radical (unpaired) electrons. The Hall–Kier alpha value is -2.20. The maximum atomic E-state index is 10.5. The minimum Gasteiger partial charge on any atom is -0.497 e. The van der Waals surface area contributed by atoms with Crippen LogP contribution < -0.4 is 4.74 Å². The summed E-state index contributed by atoms with van der Waals surface area (Å²) in [6.07, 6.45) is 2.75. The average Bonchev–Trinajstić information content (AvgIpc) is 2.51. The van der Waals surface area contributed by atoms with Crippen molar-refractivity contribution in [3.8, 4) is 5.75 Å². The number of thioether (sulfide) groups is 1. The van der Waals surface area contributed by atoms with Crippen molar-refractivity contribution in [2.75, 3.05) is 7.11 Å². The van der Waals surface area contributed by atoms with Gasteiger partial charge in [-0.1, -0.05) is 30.3 Å². The molecule has 0 aliphatic heterocycles. The first-order chi connectivity index (χ1) is 10.2. The highest BCUT2D eigenvalue weighted by molar-refractivity contribution is 7.98. The number of rotatable bonds is 6. The van der Waals surface area contributed by atoms with Gasteiger partial charge in [0.25, 0.3) is 0 Å². The van der Waals surface area contributed by atoms with Gasteiger partial charge in [0, 0.05) is 16.7 Å². The summed E-state index contributed by atoms with van der Waals surface area (Å²) in [5.74, 6) is 0.728. The number of carboxylic acid groups (broad SMARTS) is 1. The summed E-state index contributed by atoms with van der Waals surface area (Å²) in [5.41, 5.74) is 2.04. The van der Waals surface area contributed by atoms with Gasteiger partial charge in [-0.3, -0.25) is 0 Å². The first-order valence-electron chi connectivity index (χ1n) is 6.44. The van der Waals surface area contributed by atoms with Crippen LogP contribution in [0.15, 0.2) is 59.5 Å². The van der Waals surface area contributed by atoms with Crippen molar-refractivity contribution in [2.45, 2.75) is 10.6 Å². The van der Waals surface area contributed by atoms with Crippen LogP contribution in [0.1, 0.15) is 11.1 Å². The van der Waals surface area contributed by atoms with Gasteiger partial charge in [-0.05, 0) is 35.4 Å². The fraction of sp³-hybridized carbons (Fsp3) is 0.118. The van der Waals surface area contributed by atoms with Crippen LogP contribution in [0.2, 0.25) is 0 Å². The number of carboxylic acids is 1. The highest BCUT2D eigenvalue weighted by Crippen LogP contribution is 2.26. The lowest BCUT2D eigenvalue weighted by Gasteiger charge is -2.05. The second-order valence-electron chi connectivity index (χ2n) is 4.38. The van der Waals surface area contributed by atoms with Crippen LogP contribution >= 0.6 is 11.8 Å². The van der Waals surface area contributed by atoms with E-state index in [1.165, 1.54) is 0 Å². The molecule has 2 aromatic carbocycles. The van der Waals surface area contributed by atoms with Crippen molar-refractivity contribution >= 4 is 23.8 Å². The molecular weight excluding hydrogens is 284 g/mol. The van der Waals surface area contributed by atoms with E-state index in [0.717, 1.165) is 33.6 Å². The highest BCUT2D eigenvalue weighted by atomic mass is 32.2. The summed E-state index contributed by atoms with van der Waals surface area (Å²) in [6, 6.07) is 15.8. The minimum atomic E-state index is -0.939. The zero-order chi connectivity index (χ0) is 15.1. The molecule has 0 spiro atoms. The highest BCUT2D eigenvalue weighted by Gasteiger charge is 1.99. The zero-order valence-corrected chi connectivity index (χ0v) is 12.5. The van der Waals surface area contributed by atoms with Crippen LogP contribution in [0, 0.1) is 0 Å². The quantitative estimate of drug-likeness (QED) is 0.645. The molecule has 0 fully saturated rings. The van der Waals surface area contributed by atoms with Crippen molar-refractivity contribution in [3.05, 3.63) is 65.7 Å². The second-order valence-corrected chi connectivity index (χ2v) is 5.43. The predicted octanol–water partition coefficient (Wildman–Crippen LogP) is 4.09. The predicted molar refractivity (Wildman–Crippen MR) is 85.7 cm³/mol. The van der Waals surface area contributed by atoms with Gasteiger partial charge in [-0.25, -0.2) is 4.79 Å². The van der Waals surface area contributed by atoms with Gasteiger partial charge < -0.3 is 9.84 Å². The smallest absolute Gasteiger partial charge is 0.328 e. The SMILES string of the molecule is COc1cccc(SCc2cccc(C=CC(=O)O)c2)c1. The Morgan fingerprint density at radius 2 is 2.05 bits per heavy atom. The molecule has 0 saturated carbocycles. The van der Waals surface area contributed by atoms with E-state index in [4.69, 9.17) is 9.84 Å². The van der Waals surface area contributed by atoms with Crippen molar-refractivity contribution in [2.24, 2.45) is 0 Å². The third-order valence-corrected chi connectivity index (χ3v) is 3.88. The Kier molecular flexibility index (Phi) is 5.46. The number of benzene rings is 2. The largest absolute Gasteiger partial charge is 0.497 e. The molecule has 2 rings (SSSR count). The molecule has 0 aliphatic rings. The Balaban J connectivity index is 2.02. The lowest BCUT2D eigenvalue weighted by atomic mass is 10.1. The lowest BCUT2D eigenvalue weighted by Crippen LogP contribution is -1.87.